The van der Waals surface area contributed by atoms with E-state index in [0.717, 1.165) is 17.3 Å². The van der Waals surface area contributed by atoms with E-state index >= 15 is 0 Å². The second kappa shape index (κ2) is 44.8. The minimum atomic E-state index is -0.133. The predicted octanol–water partition coefficient (Wildman–Crippen LogP) is 6.77. The molecule has 0 saturated heterocycles. The summed E-state index contributed by atoms with van der Waals surface area (Å²) in [7, 11) is 0. The molecule has 0 atom stereocenters. The molecule has 0 aliphatic rings. The van der Waals surface area contributed by atoms with Gasteiger partial charge in [0.2, 0.25) is 0 Å². The minimum absolute atomic E-state index is 0. The maximum absolute atomic E-state index is 10.9. The third kappa shape index (κ3) is 49.0. The Hall–Kier alpha value is 1.33. The molecular weight excluding hydrogens is 734 g/mol. The van der Waals surface area contributed by atoms with Gasteiger partial charge in [0.25, 0.3) is 0 Å². The van der Waals surface area contributed by atoms with Crippen LogP contribution in [0.3, 0.4) is 0 Å². The Morgan fingerprint density at radius 3 is 0.950 bits per heavy atom. The second-order valence-corrected chi connectivity index (χ2v) is 13.0. The molecule has 0 rings (SSSR count). The number of rotatable bonds is 24. The molecule has 13 heteroatoms. The number of esters is 3. The molecule has 0 N–H and O–H groups in total. The van der Waals surface area contributed by atoms with Crippen LogP contribution in [0.15, 0.2) is 0 Å². The summed E-state index contributed by atoms with van der Waals surface area (Å²) in [6.07, 6.45) is 8.68. The summed E-state index contributed by atoms with van der Waals surface area (Å²) in [5.74, 6) is 7.56. The van der Waals surface area contributed by atoms with Crippen LogP contribution in [0.25, 0.3) is 0 Å². The Balaban J connectivity index is -0.000000240. The summed E-state index contributed by atoms with van der Waals surface area (Å²) in [5.41, 5.74) is 0. The van der Waals surface area contributed by atoms with Crippen LogP contribution < -0.4 is 0 Å². The number of unbranched alkanes of at least 4 members (excludes halogenated alkanes) is 3. The van der Waals surface area contributed by atoms with Gasteiger partial charge in [0, 0.05) is 58.9 Å². The van der Waals surface area contributed by atoms with Crippen molar-refractivity contribution >= 4 is 116 Å². The number of hydrogen-bond acceptors (Lipinski definition) is 12. The van der Waals surface area contributed by atoms with Gasteiger partial charge in [0.05, 0.1) is 19.3 Å². The number of thioether (sulfide) groups is 3. The van der Waals surface area contributed by atoms with Crippen molar-refractivity contribution in [3.8, 4) is 0 Å². The molecule has 0 aromatic heterocycles. The first-order chi connectivity index (χ1) is 18.9. The van der Waals surface area contributed by atoms with Crippen LogP contribution in [0, 0.1) is 0 Å². The fourth-order valence-electron chi connectivity index (χ4n) is 2.18. The molecule has 0 unspecified atom stereocenters. The Morgan fingerprint density at radius 2 is 0.750 bits per heavy atom. The SMILES string of the molecule is CCCCSCCOC(=O)CCS.CCCCSCCOC(=O)CCS.CCCCSCCOC(=O)CCS.[Sb]. The number of carbonyl (C=O) groups excluding carboxylic acids is 3. The third-order valence-electron chi connectivity index (χ3n) is 4.35. The molecule has 0 spiro atoms. The maximum atomic E-state index is 10.9. The van der Waals surface area contributed by atoms with E-state index in [9.17, 15) is 14.4 Å². The number of thiol groups is 3. The molecular formula is C27H54O6S6Sb. The zero-order chi connectivity index (χ0) is 29.8. The predicted molar refractivity (Wildman–Crippen MR) is 191 cm³/mol. The Labute approximate surface area is 291 Å². The first-order valence-electron chi connectivity index (χ1n) is 14.0. The average molecular weight is 789 g/mol. The van der Waals surface area contributed by atoms with Crippen LogP contribution in [-0.4, -0.2) is 114 Å². The van der Waals surface area contributed by atoms with Gasteiger partial charge in [-0.05, 0) is 36.5 Å². The quantitative estimate of drug-likeness (QED) is 0.0323. The second-order valence-electron chi connectivity index (χ2n) is 7.98. The normalized spacial score (nSPS) is 9.75. The standard InChI is InChI=1S/3C9H18O2S2.Sb/c3*1-2-3-7-13-8-5-11-9(10)4-6-12;/h3*12H,2-8H2,1H3;. The Kier molecular flexibility index (Phi) is 54.0. The first kappa shape index (κ1) is 48.2. The molecule has 0 amide bonds. The fourth-order valence-corrected chi connectivity index (χ4v) is 5.42. The van der Waals surface area contributed by atoms with E-state index in [0.29, 0.717) is 56.3 Å². The number of carbonyl (C=O) groups is 3. The van der Waals surface area contributed by atoms with E-state index in [1.807, 2.05) is 35.3 Å². The zero-order valence-electron chi connectivity index (χ0n) is 24.8. The van der Waals surface area contributed by atoms with Crippen LogP contribution in [0.5, 0.6) is 0 Å². The van der Waals surface area contributed by atoms with Crippen LogP contribution in [-0.2, 0) is 28.6 Å². The van der Waals surface area contributed by atoms with E-state index in [2.05, 4.69) is 58.7 Å². The van der Waals surface area contributed by atoms with Crippen molar-refractivity contribution in [3.05, 3.63) is 0 Å². The van der Waals surface area contributed by atoms with Gasteiger partial charge >= 0.3 is 17.9 Å². The van der Waals surface area contributed by atoms with Crippen LogP contribution in [0.2, 0.25) is 0 Å². The summed E-state index contributed by atoms with van der Waals surface area (Å²) in [6, 6.07) is 0. The van der Waals surface area contributed by atoms with E-state index < -0.39 is 0 Å². The molecule has 0 aliphatic carbocycles. The van der Waals surface area contributed by atoms with Gasteiger partial charge in [0.1, 0.15) is 19.8 Å². The van der Waals surface area contributed by atoms with Gasteiger partial charge in [-0.15, -0.1) is 0 Å². The molecule has 0 aromatic carbocycles. The van der Waals surface area contributed by atoms with Crippen molar-refractivity contribution < 1.29 is 28.6 Å². The van der Waals surface area contributed by atoms with E-state index in [-0.39, 0.29) is 42.3 Å². The van der Waals surface area contributed by atoms with Gasteiger partial charge in [0.15, 0.2) is 0 Å². The first-order valence-corrected chi connectivity index (χ1v) is 19.3. The van der Waals surface area contributed by atoms with Crippen LogP contribution in [0.4, 0.5) is 0 Å². The molecule has 0 saturated carbocycles. The van der Waals surface area contributed by atoms with E-state index in [1.165, 1.54) is 55.8 Å². The Bertz CT molecular complexity index is 464. The molecule has 0 bridgehead atoms. The molecule has 0 aliphatic heterocycles. The Morgan fingerprint density at radius 1 is 0.500 bits per heavy atom. The summed E-state index contributed by atoms with van der Waals surface area (Å²) >= 11 is 17.4. The zero-order valence-corrected chi connectivity index (χ0v) is 32.5. The van der Waals surface area contributed by atoms with E-state index in [1.54, 1.807) is 0 Å². The number of ether oxygens (including phenoxy) is 3. The van der Waals surface area contributed by atoms with Gasteiger partial charge < -0.3 is 14.2 Å². The van der Waals surface area contributed by atoms with Crippen molar-refractivity contribution in [1.82, 2.24) is 0 Å². The third-order valence-corrected chi connectivity index (χ3v) is 8.12. The van der Waals surface area contributed by atoms with Crippen molar-refractivity contribution in [1.29, 1.82) is 0 Å². The summed E-state index contributed by atoms with van der Waals surface area (Å²) in [4.78, 5) is 32.6. The molecule has 239 valence electrons. The monoisotopic (exact) mass is 787 g/mol. The minimum Gasteiger partial charge on any atom is -0.465 e. The van der Waals surface area contributed by atoms with Gasteiger partial charge in [-0.2, -0.15) is 73.2 Å². The van der Waals surface area contributed by atoms with Gasteiger partial charge in [-0.3, -0.25) is 14.4 Å². The summed E-state index contributed by atoms with van der Waals surface area (Å²) < 4.78 is 14.9. The number of hydrogen-bond donors (Lipinski definition) is 3. The largest absolute Gasteiger partial charge is 0.465 e. The van der Waals surface area contributed by atoms with Crippen LogP contribution in [0.1, 0.15) is 78.6 Å². The summed E-state index contributed by atoms with van der Waals surface area (Å²) in [5, 5.41) is 0. The average Bonchev–Trinajstić information content (AvgIpc) is 2.91. The molecule has 6 nitrogen and oxygen atoms in total. The fraction of sp³-hybridized carbons (Fsp3) is 0.889. The molecule has 0 heterocycles. The van der Waals surface area contributed by atoms with Crippen LogP contribution >= 0.6 is 73.2 Å². The van der Waals surface area contributed by atoms with Gasteiger partial charge in [-0.25, -0.2) is 0 Å². The van der Waals surface area contributed by atoms with Crippen molar-refractivity contribution in [2.24, 2.45) is 0 Å². The molecule has 0 fully saturated rings. The molecule has 0 aromatic rings. The van der Waals surface area contributed by atoms with Gasteiger partial charge in [-0.1, -0.05) is 40.0 Å². The smallest absolute Gasteiger partial charge is 0.306 e. The van der Waals surface area contributed by atoms with Crippen molar-refractivity contribution in [2.75, 3.05) is 71.6 Å². The maximum Gasteiger partial charge on any atom is 0.306 e. The molecule has 3 radical (unpaired) electrons. The summed E-state index contributed by atoms with van der Waals surface area (Å²) in [6.45, 7) is 8.15. The van der Waals surface area contributed by atoms with Crippen molar-refractivity contribution in [3.63, 3.8) is 0 Å². The van der Waals surface area contributed by atoms with Crippen molar-refractivity contribution in [2.45, 2.75) is 78.6 Å². The van der Waals surface area contributed by atoms with E-state index in [4.69, 9.17) is 14.2 Å². The molecule has 40 heavy (non-hydrogen) atoms. The topological polar surface area (TPSA) is 78.9 Å².